The third-order valence-electron chi connectivity index (χ3n) is 4.37. The number of thiophene rings is 1. The third-order valence-corrected chi connectivity index (χ3v) is 5.22. The number of carbonyl (C=O) groups excluding carboxylic acids is 2. The van der Waals surface area contributed by atoms with Crippen molar-refractivity contribution in [2.45, 2.75) is 0 Å². The van der Waals surface area contributed by atoms with Gasteiger partial charge >= 0.3 is 0 Å². The monoisotopic (exact) mass is 363 g/mol. The van der Waals surface area contributed by atoms with Crippen LogP contribution in [0.1, 0.15) is 10.5 Å². The molecule has 4 aromatic rings. The Morgan fingerprint density at radius 1 is 1.08 bits per heavy atom. The van der Waals surface area contributed by atoms with Crippen molar-refractivity contribution in [3.05, 3.63) is 65.7 Å². The molecule has 0 bridgehead atoms. The number of nitrogens with zero attached hydrogens (tertiary/aromatic N) is 1. The SMILES string of the molecule is Cn1c(C(=O)NCC(=O)Nc2cccc3ccccc23)cc2sccc21. The van der Waals surface area contributed by atoms with Gasteiger partial charge in [0.25, 0.3) is 5.91 Å². The molecule has 130 valence electrons. The normalized spacial score (nSPS) is 11.0. The van der Waals surface area contributed by atoms with E-state index in [-0.39, 0.29) is 18.4 Å². The summed E-state index contributed by atoms with van der Waals surface area (Å²) in [5.74, 6) is -0.519. The Balaban J connectivity index is 1.44. The number of nitrogens with one attached hydrogen (secondary N) is 2. The number of amides is 2. The summed E-state index contributed by atoms with van der Waals surface area (Å²) in [6.07, 6.45) is 0. The molecule has 0 saturated heterocycles. The van der Waals surface area contributed by atoms with Gasteiger partial charge < -0.3 is 15.2 Å². The van der Waals surface area contributed by atoms with Crippen LogP contribution in [-0.2, 0) is 11.8 Å². The van der Waals surface area contributed by atoms with E-state index < -0.39 is 0 Å². The first-order valence-corrected chi connectivity index (χ1v) is 9.10. The second kappa shape index (κ2) is 6.65. The first kappa shape index (κ1) is 16.4. The van der Waals surface area contributed by atoms with Gasteiger partial charge in [-0.25, -0.2) is 0 Å². The molecule has 0 aliphatic carbocycles. The van der Waals surface area contributed by atoms with Crippen LogP contribution in [0, 0.1) is 0 Å². The van der Waals surface area contributed by atoms with Gasteiger partial charge in [-0.2, -0.15) is 0 Å². The topological polar surface area (TPSA) is 63.1 Å². The predicted octanol–water partition coefficient (Wildman–Crippen LogP) is 3.76. The smallest absolute Gasteiger partial charge is 0.268 e. The molecule has 0 aliphatic heterocycles. The third kappa shape index (κ3) is 2.95. The molecule has 4 rings (SSSR count). The standard InChI is InChI=1S/C20H17N3O2S/c1-23-16-9-10-26-18(16)11-17(23)20(25)21-12-19(24)22-15-8-4-6-13-5-2-3-7-14(13)15/h2-11H,12H2,1H3,(H,21,25)(H,22,24). The highest BCUT2D eigenvalue weighted by atomic mass is 32.1. The average Bonchev–Trinajstić information content (AvgIpc) is 3.23. The first-order chi connectivity index (χ1) is 12.6. The minimum atomic E-state index is -0.260. The molecule has 0 fully saturated rings. The number of carbonyl (C=O) groups is 2. The number of benzene rings is 2. The van der Waals surface area contributed by atoms with E-state index in [0.29, 0.717) is 5.69 Å². The van der Waals surface area contributed by atoms with Crippen LogP contribution in [0.4, 0.5) is 5.69 Å². The molecule has 0 aliphatic rings. The Hall–Kier alpha value is -3.12. The molecule has 0 unspecified atom stereocenters. The van der Waals surface area contributed by atoms with Gasteiger partial charge in [0, 0.05) is 18.1 Å². The molecule has 2 aromatic carbocycles. The summed E-state index contributed by atoms with van der Waals surface area (Å²) in [5.41, 5.74) is 2.30. The number of aryl methyl sites for hydroxylation is 1. The number of aromatic nitrogens is 1. The highest BCUT2D eigenvalue weighted by Crippen LogP contribution is 2.24. The Kier molecular flexibility index (Phi) is 4.18. The van der Waals surface area contributed by atoms with E-state index in [9.17, 15) is 9.59 Å². The molecule has 2 aromatic heterocycles. The van der Waals surface area contributed by atoms with E-state index >= 15 is 0 Å². The Labute approximate surface area is 154 Å². The van der Waals surface area contributed by atoms with Gasteiger partial charge in [-0.05, 0) is 29.0 Å². The maximum atomic E-state index is 12.4. The summed E-state index contributed by atoms with van der Waals surface area (Å²) in [5, 5.41) is 9.57. The van der Waals surface area contributed by atoms with Crippen LogP contribution < -0.4 is 10.6 Å². The second-order valence-electron chi connectivity index (χ2n) is 6.02. The summed E-state index contributed by atoms with van der Waals surface area (Å²) in [6, 6.07) is 17.4. The number of anilines is 1. The van der Waals surface area contributed by atoms with Crippen LogP contribution in [0.3, 0.4) is 0 Å². The molecule has 6 heteroatoms. The Morgan fingerprint density at radius 3 is 2.73 bits per heavy atom. The summed E-state index contributed by atoms with van der Waals surface area (Å²) >= 11 is 1.59. The predicted molar refractivity (Wildman–Crippen MR) is 106 cm³/mol. The van der Waals surface area contributed by atoms with Gasteiger partial charge in [-0.1, -0.05) is 36.4 Å². The molecule has 0 spiro atoms. The number of fused-ring (bicyclic) bond motifs is 2. The molecule has 0 atom stereocenters. The fourth-order valence-electron chi connectivity index (χ4n) is 3.05. The molecular formula is C20H17N3O2S. The molecule has 5 nitrogen and oxygen atoms in total. The molecule has 0 radical (unpaired) electrons. The summed E-state index contributed by atoms with van der Waals surface area (Å²) in [6.45, 7) is -0.0825. The second-order valence-corrected chi connectivity index (χ2v) is 6.96. The molecule has 2 N–H and O–H groups in total. The Morgan fingerprint density at radius 2 is 1.88 bits per heavy atom. The largest absolute Gasteiger partial charge is 0.342 e. The van der Waals surface area contributed by atoms with Crippen LogP contribution in [0.5, 0.6) is 0 Å². The summed E-state index contributed by atoms with van der Waals surface area (Å²) in [4.78, 5) is 24.7. The first-order valence-electron chi connectivity index (χ1n) is 8.22. The molecule has 0 saturated carbocycles. The van der Waals surface area contributed by atoms with Crippen LogP contribution in [0.2, 0.25) is 0 Å². The maximum Gasteiger partial charge on any atom is 0.268 e. The van der Waals surface area contributed by atoms with Gasteiger partial charge in [-0.3, -0.25) is 9.59 Å². The van der Waals surface area contributed by atoms with Crippen molar-refractivity contribution in [1.29, 1.82) is 0 Å². The van der Waals surface area contributed by atoms with Crippen LogP contribution >= 0.6 is 11.3 Å². The fraction of sp³-hybridized carbons (Fsp3) is 0.100. The van der Waals surface area contributed by atoms with Crippen molar-refractivity contribution in [2.75, 3.05) is 11.9 Å². The number of hydrogen-bond donors (Lipinski definition) is 2. The van der Waals surface area contributed by atoms with E-state index in [2.05, 4.69) is 10.6 Å². The van der Waals surface area contributed by atoms with Crippen molar-refractivity contribution in [3.8, 4) is 0 Å². The number of rotatable bonds is 4. The lowest BCUT2D eigenvalue weighted by Crippen LogP contribution is -2.33. The number of hydrogen-bond acceptors (Lipinski definition) is 3. The van der Waals surface area contributed by atoms with E-state index in [1.165, 1.54) is 0 Å². The summed E-state index contributed by atoms with van der Waals surface area (Å²) in [7, 11) is 1.85. The van der Waals surface area contributed by atoms with E-state index in [1.54, 1.807) is 11.3 Å². The van der Waals surface area contributed by atoms with E-state index in [1.807, 2.05) is 71.6 Å². The fourth-order valence-corrected chi connectivity index (χ4v) is 3.90. The zero-order chi connectivity index (χ0) is 18.1. The highest BCUT2D eigenvalue weighted by Gasteiger charge is 2.15. The van der Waals surface area contributed by atoms with Gasteiger partial charge in [-0.15, -0.1) is 11.3 Å². The van der Waals surface area contributed by atoms with Gasteiger partial charge in [0.05, 0.1) is 16.8 Å². The van der Waals surface area contributed by atoms with Crippen molar-refractivity contribution >= 4 is 49.8 Å². The van der Waals surface area contributed by atoms with Crippen molar-refractivity contribution in [3.63, 3.8) is 0 Å². The van der Waals surface area contributed by atoms with Crippen molar-refractivity contribution < 1.29 is 9.59 Å². The Bertz CT molecular complexity index is 1120. The van der Waals surface area contributed by atoms with Crippen LogP contribution in [-0.4, -0.2) is 22.9 Å². The maximum absolute atomic E-state index is 12.4. The molecule has 2 amide bonds. The lowest BCUT2D eigenvalue weighted by Gasteiger charge is -2.10. The van der Waals surface area contributed by atoms with Crippen molar-refractivity contribution in [1.82, 2.24) is 9.88 Å². The van der Waals surface area contributed by atoms with Gasteiger partial charge in [0.15, 0.2) is 0 Å². The quantitative estimate of drug-likeness (QED) is 0.580. The van der Waals surface area contributed by atoms with Crippen LogP contribution in [0.15, 0.2) is 60.0 Å². The lowest BCUT2D eigenvalue weighted by atomic mass is 10.1. The van der Waals surface area contributed by atoms with Gasteiger partial charge in [0.1, 0.15) is 5.69 Å². The lowest BCUT2D eigenvalue weighted by molar-refractivity contribution is -0.115. The molecular weight excluding hydrogens is 346 g/mol. The van der Waals surface area contributed by atoms with Crippen LogP contribution in [0.25, 0.3) is 21.0 Å². The molecule has 2 heterocycles. The minimum Gasteiger partial charge on any atom is -0.342 e. The molecule has 26 heavy (non-hydrogen) atoms. The van der Waals surface area contributed by atoms with E-state index in [0.717, 1.165) is 26.7 Å². The van der Waals surface area contributed by atoms with E-state index in [4.69, 9.17) is 0 Å². The highest BCUT2D eigenvalue weighted by molar-refractivity contribution is 7.17. The summed E-state index contributed by atoms with van der Waals surface area (Å²) < 4.78 is 2.89. The zero-order valence-corrected chi connectivity index (χ0v) is 15.0. The average molecular weight is 363 g/mol. The van der Waals surface area contributed by atoms with Crippen molar-refractivity contribution in [2.24, 2.45) is 7.05 Å². The minimum absolute atomic E-state index is 0.0825. The zero-order valence-electron chi connectivity index (χ0n) is 14.2. The van der Waals surface area contributed by atoms with Gasteiger partial charge in [0.2, 0.25) is 5.91 Å².